The zero-order chi connectivity index (χ0) is 31.5. The molecule has 2 aliphatic rings. The molecule has 232 valence electrons. The lowest BCUT2D eigenvalue weighted by molar-refractivity contribution is -0.149. The zero-order valence-electron chi connectivity index (χ0n) is 24.0. The van der Waals surface area contributed by atoms with E-state index < -0.39 is 68.4 Å². The second-order valence-corrected chi connectivity index (χ2v) is 12.3. The fraction of sp³-hybridized carbons (Fsp3) is 0.379. The number of esters is 1. The van der Waals surface area contributed by atoms with Crippen LogP contribution in [0.15, 0.2) is 73.1 Å². The number of rotatable bonds is 11. The summed E-state index contributed by atoms with van der Waals surface area (Å²) in [4.78, 5) is 25.8. The number of urea groups is 1. The summed E-state index contributed by atoms with van der Waals surface area (Å²) < 4.78 is 65.4. The molecule has 0 radical (unpaired) electrons. The number of benzene rings is 2. The molecular formula is C29H34F2N3O8P. The molecule has 43 heavy (non-hydrogen) atoms. The van der Waals surface area contributed by atoms with Gasteiger partial charge in [0.15, 0.2) is 11.9 Å². The third kappa shape index (κ3) is 7.67. The standard InChI is InChI=1S/C29H34F2N3O8P/c1-17(2)40-26(36)19(4)33-43(38,42-23-11-9-20(10-12-23)21-7-6-8-22(30)15-21)39-16-24-25(35)29(5,31)27(41-24)34-14-13-18(3)32-28(34)37/h6-15,17,19,24-25,27,35H,3,16H2,1-2,4-5H3,(H,32,37)(H,33,38)/t19-,24+,25+,27+,29+,43?/m0/s1. The normalized spacial score (nSPS) is 25.8. The Balaban J connectivity index is 1.53. The van der Waals surface area contributed by atoms with Crippen molar-refractivity contribution in [1.29, 1.82) is 0 Å². The van der Waals surface area contributed by atoms with Crippen LogP contribution in [-0.4, -0.2) is 64.9 Å². The fourth-order valence-electron chi connectivity index (χ4n) is 4.42. The Labute approximate surface area is 248 Å². The molecule has 2 aliphatic heterocycles. The van der Waals surface area contributed by atoms with Gasteiger partial charge in [-0.25, -0.2) is 18.1 Å². The molecule has 1 saturated heterocycles. The van der Waals surface area contributed by atoms with Crippen molar-refractivity contribution in [2.75, 3.05) is 6.61 Å². The zero-order valence-corrected chi connectivity index (χ0v) is 24.9. The summed E-state index contributed by atoms with van der Waals surface area (Å²) in [6.07, 6.45) is -2.49. The predicted molar refractivity (Wildman–Crippen MR) is 153 cm³/mol. The molecule has 3 N–H and O–H groups in total. The Hall–Kier alpha value is -3.61. The third-order valence-electron chi connectivity index (χ3n) is 6.61. The summed E-state index contributed by atoms with van der Waals surface area (Å²) in [6, 6.07) is 10.2. The smallest absolute Gasteiger partial charge is 0.459 e. The number of halogens is 2. The van der Waals surface area contributed by atoms with E-state index in [1.54, 1.807) is 38.1 Å². The monoisotopic (exact) mass is 621 g/mol. The number of allylic oxidation sites excluding steroid dienone is 1. The lowest BCUT2D eigenvalue weighted by atomic mass is 9.98. The van der Waals surface area contributed by atoms with Crippen molar-refractivity contribution < 1.29 is 46.6 Å². The van der Waals surface area contributed by atoms with E-state index in [0.29, 0.717) is 16.8 Å². The minimum atomic E-state index is -4.43. The molecule has 0 bridgehead atoms. The molecule has 4 rings (SSSR count). The van der Waals surface area contributed by atoms with Gasteiger partial charge in [-0.05, 0) is 69.2 Å². The summed E-state index contributed by atoms with van der Waals surface area (Å²) in [7, 11) is -4.43. The van der Waals surface area contributed by atoms with Crippen LogP contribution in [-0.2, 0) is 23.4 Å². The molecule has 1 fully saturated rings. The molecule has 2 heterocycles. The molecule has 6 atom stereocenters. The SMILES string of the molecule is C=C1C=CN([C@@H]2O[C@H](COP(=O)(N[C@@H](C)C(=O)OC(C)C)Oc3ccc(-c4cccc(F)c4)cc3)[C@@H](O)[C@@]2(C)F)C(=O)N1. The van der Waals surface area contributed by atoms with Gasteiger partial charge in [-0.3, -0.25) is 14.2 Å². The second kappa shape index (κ2) is 12.9. The number of carbonyl (C=O) groups excluding carboxylic acids is 2. The third-order valence-corrected chi connectivity index (χ3v) is 8.26. The highest BCUT2D eigenvalue weighted by Crippen LogP contribution is 2.47. The quantitative estimate of drug-likeness (QED) is 0.239. The Morgan fingerprint density at radius 1 is 1.23 bits per heavy atom. The van der Waals surface area contributed by atoms with E-state index in [4.69, 9.17) is 18.5 Å². The van der Waals surface area contributed by atoms with E-state index in [-0.39, 0.29) is 5.75 Å². The van der Waals surface area contributed by atoms with E-state index in [2.05, 4.69) is 17.0 Å². The summed E-state index contributed by atoms with van der Waals surface area (Å²) >= 11 is 0. The summed E-state index contributed by atoms with van der Waals surface area (Å²) in [5.41, 5.74) is -0.904. The minimum absolute atomic E-state index is 0.0665. The summed E-state index contributed by atoms with van der Waals surface area (Å²) in [5, 5.41) is 15.7. The van der Waals surface area contributed by atoms with Crippen LogP contribution in [0.4, 0.5) is 13.6 Å². The van der Waals surface area contributed by atoms with Gasteiger partial charge >= 0.3 is 19.7 Å². The van der Waals surface area contributed by atoms with Gasteiger partial charge in [0.1, 0.15) is 29.8 Å². The highest BCUT2D eigenvalue weighted by atomic mass is 31.2. The number of alkyl halides is 1. The number of carbonyl (C=O) groups is 2. The van der Waals surface area contributed by atoms with Gasteiger partial charge in [0.25, 0.3) is 0 Å². The lowest BCUT2D eigenvalue weighted by Crippen LogP contribution is -2.53. The molecule has 0 saturated carbocycles. The fourth-order valence-corrected chi connectivity index (χ4v) is 5.92. The first-order valence-corrected chi connectivity index (χ1v) is 15.0. The van der Waals surface area contributed by atoms with Crippen LogP contribution in [0.1, 0.15) is 27.7 Å². The number of hydrogen-bond acceptors (Lipinski definition) is 8. The molecule has 14 heteroatoms. The van der Waals surface area contributed by atoms with Crippen molar-refractivity contribution >= 4 is 19.7 Å². The molecular weight excluding hydrogens is 587 g/mol. The number of aliphatic hydroxyl groups is 1. The number of nitrogens with one attached hydrogen (secondary N) is 2. The van der Waals surface area contributed by atoms with Gasteiger partial charge in [0, 0.05) is 11.9 Å². The van der Waals surface area contributed by atoms with Crippen LogP contribution in [0.3, 0.4) is 0 Å². The van der Waals surface area contributed by atoms with Crippen molar-refractivity contribution in [2.24, 2.45) is 0 Å². The first-order valence-electron chi connectivity index (χ1n) is 13.5. The van der Waals surface area contributed by atoms with Gasteiger partial charge in [-0.15, -0.1) is 0 Å². The molecule has 0 aliphatic carbocycles. The minimum Gasteiger partial charge on any atom is -0.462 e. The van der Waals surface area contributed by atoms with E-state index >= 15 is 4.39 Å². The van der Waals surface area contributed by atoms with Crippen LogP contribution in [0.25, 0.3) is 11.1 Å². The van der Waals surface area contributed by atoms with Gasteiger partial charge in [0.05, 0.1) is 12.7 Å². The lowest BCUT2D eigenvalue weighted by Gasteiger charge is -2.33. The predicted octanol–water partition coefficient (Wildman–Crippen LogP) is 4.79. The number of amides is 2. The largest absolute Gasteiger partial charge is 0.462 e. The Kier molecular flexibility index (Phi) is 9.73. The van der Waals surface area contributed by atoms with E-state index in [1.165, 1.54) is 43.5 Å². The van der Waals surface area contributed by atoms with Crippen LogP contribution in [0.5, 0.6) is 5.75 Å². The molecule has 2 aromatic carbocycles. The number of aliphatic hydroxyl groups excluding tert-OH is 1. The first kappa shape index (κ1) is 32.3. The Morgan fingerprint density at radius 3 is 2.56 bits per heavy atom. The van der Waals surface area contributed by atoms with Crippen LogP contribution < -0.4 is 14.9 Å². The van der Waals surface area contributed by atoms with Crippen molar-refractivity contribution in [3.8, 4) is 16.9 Å². The first-order chi connectivity index (χ1) is 20.2. The van der Waals surface area contributed by atoms with Crippen molar-refractivity contribution in [3.63, 3.8) is 0 Å². The summed E-state index contributed by atoms with van der Waals surface area (Å²) in [5.74, 6) is -1.08. The van der Waals surface area contributed by atoms with E-state index in [0.717, 1.165) is 11.8 Å². The molecule has 0 spiro atoms. The highest BCUT2D eigenvalue weighted by molar-refractivity contribution is 7.52. The van der Waals surface area contributed by atoms with Gasteiger partial charge < -0.3 is 24.4 Å². The number of ether oxygens (including phenoxy) is 2. The van der Waals surface area contributed by atoms with E-state index in [1.807, 2.05) is 0 Å². The van der Waals surface area contributed by atoms with Crippen LogP contribution in [0, 0.1) is 5.82 Å². The topological polar surface area (TPSA) is 136 Å². The highest BCUT2D eigenvalue weighted by Gasteiger charge is 2.57. The van der Waals surface area contributed by atoms with Crippen molar-refractivity contribution in [2.45, 2.75) is 63.9 Å². The average Bonchev–Trinajstić information content (AvgIpc) is 3.15. The maximum absolute atomic E-state index is 15.7. The maximum Gasteiger partial charge on any atom is 0.459 e. The Morgan fingerprint density at radius 2 is 1.93 bits per heavy atom. The maximum atomic E-state index is 15.7. The van der Waals surface area contributed by atoms with Crippen LogP contribution in [0.2, 0.25) is 0 Å². The molecule has 2 amide bonds. The summed E-state index contributed by atoms with van der Waals surface area (Å²) in [6.45, 7) is 8.70. The molecule has 1 unspecified atom stereocenters. The van der Waals surface area contributed by atoms with Crippen molar-refractivity contribution in [3.05, 3.63) is 78.9 Å². The van der Waals surface area contributed by atoms with E-state index in [9.17, 15) is 23.7 Å². The van der Waals surface area contributed by atoms with Crippen LogP contribution >= 0.6 is 7.75 Å². The average molecular weight is 622 g/mol. The molecule has 0 aromatic heterocycles. The molecule has 11 nitrogen and oxygen atoms in total. The second-order valence-electron chi connectivity index (χ2n) is 10.6. The van der Waals surface area contributed by atoms with Crippen molar-refractivity contribution in [1.82, 2.24) is 15.3 Å². The Bertz CT molecular complexity index is 1440. The number of hydrogen-bond donors (Lipinski definition) is 3. The molecule has 2 aromatic rings. The van der Waals surface area contributed by atoms with Gasteiger partial charge in [-0.2, -0.15) is 5.09 Å². The van der Waals surface area contributed by atoms with Gasteiger partial charge in [-0.1, -0.05) is 30.8 Å². The number of nitrogens with zero attached hydrogens (tertiary/aromatic N) is 1. The van der Waals surface area contributed by atoms with Gasteiger partial charge in [0.2, 0.25) is 0 Å².